The third-order valence-corrected chi connectivity index (χ3v) is 5.01. The van der Waals surface area contributed by atoms with E-state index in [1.54, 1.807) is 23.6 Å². The van der Waals surface area contributed by atoms with E-state index in [1.165, 1.54) is 24.5 Å². The summed E-state index contributed by atoms with van der Waals surface area (Å²) in [5, 5.41) is 4.54. The normalized spacial score (nSPS) is 11.0. The zero-order chi connectivity index (χ0) is 16.3. The topological polar surface area (TPSA) is 84.5 Å². The van der Waals surface area contributed by atoms with Gasteiger partial charge in [0.05, 0.1) is 19.1 Å². The Bertz CT molecular complexity index is 802. The van der Waals surface area contributed by atoms with Crippen LogP contribution in [0.25, 0.3) is 0 Å². The van der Waals surface area contributed by atoms with Gasteiger partial charge in [0, 0.05) is 16.2 Å². The average molecular weight is 405 g/mol. The van der Waals surface area contributed by atoms with Gasteiger partial charge in [-0.2, -0.15) is 0 Å². The molecule has 0 radical (unpaired) electrons. The minimum atomic E-state index is -3.41. The molecular weight excluding hydrogens is 392 g/mol. The maximum atomic E-state index is 12.1. The molecule has 0 atom stereocenters. The summed E-state index contributed by atoms with van der Waals surface area (Å²) in [6.07, 6.45) is 1.05. The van der Waals surface area contributed by atoms with Crippen LogP contribution in [0, 0.1) is 0 Å². The van der Waals surface area contributed by atoms with Gasteiger partial charge in [-0.3, -0.25) is 9.52 Å². The van der Waals surface area contributed by atoms with Crippen LogP contribution in [0.1, 0.15) is 9.67 Å². The molecule has 1 aromatic heterocycles. The molecule has 2 rings (SSSR count). The predicted octanol–water partition coefficient (Wildman–Crippen LogP) is 3.14. The number of anilines is 2. The van der Waals surface area contributed by atoms with Gasteiger partial charge in [0.1, 0.15) is 10.6 Å². The summed E-state index contributed by atoms with van der Waals surface area (Å²) in [6.45, 7) is 0. The van der Waals surface area contributed by atoms with Crippen LogP contribution >= 0.6 is 27.3 Å². The fourth-order valence-electron chi connectivity index (χ4n) is 1.70. The fourth-order valence-corrected chi connectivity index (χ4v) is 3.71. The molecule has 9 heteroatoms. The standard InChI is InChI=1S/C13H13BrN2O4S2/c1-20-11-7-8(3-4-10(11)16-22(2,18)19)15-13(17)12-9(14)5-6-21-12/h3-7,16H,1-2H3,(H,15,17). The molecule has 0 bridgehead atoms. The van der Waals surface area contributed by atoms with E-state index in [0.29, 0.717) is 22.0 Å². The average Bonchev–Trinajstić information content (AvgIpc) is 2.85. The molecule has 0 unspecified atom stereocenters. The molecule has 118 valence electrons. The number of rotatable bonds is 5. The Morgan fingerprint density at radius 1 is 1.32 bits per heavy atom. The number of hydrogen-bond donors (Lipinski definition) is 2. The lowest BCUT2D eigenvalue weighted by Crippen LogP contribution is -2.12. The summed E-state index contributed by atoms with van der Waals surface area (Å²) in [5.41, 5.74) is 0.807. The zero-order valence-electron chi connectivity index (χ0n) is 11.7. The number of hydrogen-bond acceptors (Lipinski definition) is 5. The van der Waals surface area contributed by atoms with E-state index in [9.17, 15) is 13.2 Å². The first-order chi connectivity index (χ1) is 10.3. The molecule has 1 heterocycles. The van der Waals surface area contributed by atoms with Gasteiger partial charge in [0.15, 0.2) is 0 Å². The van der Waals surface area contributed by atoms with Crippen LogP contribution in [0.15, 0.2) is 34.1 Å². The number of halogens is 1. The second-order valence-electron chi connectivity index (χ2n) is 4.34. The summed E-state index contributed by atoms with van der Waals surface area (Å²) in [5.74, 6) is 0.0567. The first kappa shape index (κ1) is 16.8. The van der Waals surface area contributed by atoms with Crippen molar-refractivity contribution < 1.29 is 17.9 Å². The Kier molecular flexibility index (Phi) is 5.09. The van der Waals surface area contributed by atoms with E-state index in [4.69, 9.17) is 4.74 Å². The Morgan fingerprint density at radius 2 is 2.05 bits per heavy atom. The minimum absolute atomic E-state index is 0.257. The highest BCUT2D eigenvalue weighted by atomic mass is 79.9. The first-order valence-electron chi connectivity index (χ1n) is 6.00. The van der Waals surface area contributed by atoms with Crippen LogP contribution < -0.4 is 14.8 Å². The van der Waals surface area contributed by atoms with E-state index in [-0.39, 0.29) is 5.91 Å². The van der Waals surface area contributed by atoms with Crippen LogP contribution in [0.2, 0.25) is 0 Å². The molecule has 0 fully saturated rings. The lowest BCUT2D eigenvalue weighted by Gasteiger charge is -2.12. The second-order valence-corrected chi connectivity index (χ2v) is 7.86. The van der Waals surface area contributed by atoms with Gasteiger partial charge in [-0.25, -0.2) is 8.42 Å². The molecule has 22 heavy (non-hydrogen) atoms. The van der Waals surface area contributed by atoms with E-state index >= 15 is 0 Å². The fraction of sp³-hybridized carbons (Fsp3) is 0.154. The summed E-state index contributed by atoms with van der Waals surface area (Å²) in [4.78, 5) is 12.7. The Morgan fingerprint density at radius 3 is 2.59 bits per heavy atom. The minimum Gasteiger partial charge on any atom is -0.494 e. The van der Waals surface area contributed by atoms with Gasteiger partial charge >= 0.3 is 0 Å². The van der Waals surface area contributed by atoms with E-state index in [0.717, 1.165) is 10.7 Å². The van der Waals surface area contributed by atoms with Crippen molar-refractivity contribution >= 4 is 54.6 Å². The molecular formula is C13H13BrN2O4S2. The molecule has 0 saturated heterocycles. The van der Waals surface area contributed by atoms with Gasteiger partial charge in [0.2, 0.25) is 10.0 Å². The number of benzene rings is 1. The zero-order valence-corrected chi connectivity index (χ0v) is 14.9. The first-order valence-corrected chi connectivity index (χ1v) is 9.57. The van der Waals surface area contributed by atoms with Gasteiger partial charge in [-0.15, -0.1) is 11.3 Å². The van der Waals surface area contributed by atoms with Crippen molar-refractivity contribution in [3.05, 3.63) is 39.0 Å². The van der Waals surface area contributed by atoms with Gasteiger partial charge in [-0.1, -0.05) is 0 Å². The van der Waals surface area contributed by atoms with E-state index in [2.05, 4.69) is 26.0 Å². The smallest absolute Gasteiger partial charge is 0.266 e. The molecule has 2 N–H and O–H groups in total. The van der Waals surface area contributed by atoms with Crippen molar-refractivity contribution in [2.75, 3.05) is 23.4 Å². The number of ether oxygens (including phenoxy) is 1. The summed E-state index contributed by atoms with van der Waals surface area (Å²) in [6, 6.07) is 6.46. The number of nitrogens with one attached hydrogen (secondary N) is 2. The number of carbonyl (C=O) groups excluding carboxylic acids is 1. The number of thiophene rings is 1. The highest BCUT2D eigenvalue weighted by Gasteiger charge is 2.14. The Labute approximate surface area is 140 Å². The monoisotopic (exact) mass is 404 g/mol. The Balaban J connectivity index is 2.23. The van der Waals surface area contributed by atoms with Crippen LogP contribution in [0.4, 0.5) is 11.4 Å². The third-order valence-electron chi connectivity index (χ3n) is 2.58. The molecule has 0 aliphatic carbocycles. The molecule has 6 nitrogen and oxygen atoms in total. The maximum Gasteiger partial charge on any atom is 0.266 e. The predicted molar refractivity (Wildman–Crippen MR) is 91.4 cm³/mol. The van der Waals surface area contributed by atoms with Gasteiger partial charge in [0.25, 0.3) is 5.91 Å². The van der Waals surface area contributed by atoms with Crippen molar-refractivity contribution in [1.82, 2.24) is 0 Å². The number of sulfonamides is 1. The van der Waals surface area contributed by atoms with Crippen LogP contribution in [0.5, 0.6) is 5.75 Å². The van der Waals surface area contributed by atoms with Gasteiger partial charge < -0.3 is 10.1 Å². The molecule has 1 aromatic carbocycles. The third kappa shape index (κ3) is 4.21. The van der Waals surface area contributed by atoms with Crippen molar-refractivity contribution in [2.45, 2.75) is 0 Å². The molecule has 1 amide bonds. The molecule has 0 saturated carbocycles. The molecule has 0 aliphatic rings. The number of methoxy groups -OCH3 is 1. The quantitative estimate of drug-likeness (QED) is 0.801. The van der Waals surface area contributed by atoms with Gasteiger partial charge in [-0.05, 0) is 39.5 Å². The lowest BCUT2D eigenvalue weighted by molar-refractivity contribution is 0.103. The molecule has 2 aromatic rings. The summed E-state index contributed by atoms with van der Waals surface area (Å²) < 4.78 is 30.8. The maximum absolute atomic E-state index is 12.1. The second kappa shape index (κ2) is 6.67. The summed E-state index contributed by atoms with van der Waals surface area (Å²) >= 11 is 4.62. The SMILES string of the molecule is COc1cc(NC(=O)c2sccc2Br)ccc1NS(C)(=O)=O. The van der Waals surface area contributed by atoms with Crippen LogP contribution in [-0.2, 0) is 10.0 Å². The van der Waals surface area contributed by atoms with Crippen molar-refractivity contribution in [3.63, 3.8) is 0 Å². The largest absolute Gasteiger partial charge is 0.494 e. The number of carbonyl (C=O) groups is 1. The lowest BCUT2D eigenvalue weighted by atomic mass is 10.2. The van der Waals surface area contributed by atoms with Crippen LogP contribution in [0.3, 0.4) is 0 Å². The summed E-state index contributed by atoms with van der Waals surface area (Å²) in [7, 11) is -1.99. The molecule has 0 spiro atoms. The van der Waals surface area contributed by atoms with Crippen molar-refractivity contribution in [1.29, 1.82) is 0 Å². The highest BCUT2D eigenvalue weighted by Crippen LogP contribution is 2.30. The van der Waals surface area contributed by atoms with Crippen LogP contribution in [-0.4, -0.2) is 27.7 Å². The van der Waals surface area contributed by atoms with E-state index in [1.807, 2.05) is 0 Å². The van der Waals surface area contributed by atoms with Crippen molar-refractivity contribution in [3.8, 4) is 5.75 Å². The molecule has 0 aliphatic heterocycles. The van der Waals surface area contributed by atoms with Crippen molar-refractivity contribution in [2.24, 2.45) is 0 Å². The number of amides is 1. The highest BCUT2D eigenvalue weighted by molar-refractivity contribution is 9.10. The van der Waals surface area contributed by atoms with E-state index < -0.39 is 10.0 Å². The Hall–Kier alpha value is -1.58.